The SMILES string of the molecule is CCOc1cc(CNS(=O)(=O)c2ccc3c(c2)OCCCO3)ccn1. The molecule has 0 amide bonds. The fourth-order valence-electron chi connectivity index (χ4n) is 2.36. The molecule has 0 unspecified atom stereocenters. The van der Waals surface area contributed by atoms with Gasteiger partial charge in [-0.15, -0.1) is 0 Å². The number of nitrogens with zero attached hydrogens (tertiary/aromatic N) is 1. The van der Waals surface area contributed by atoms with Crippen molar-refractivity contribution in [2.45, 2.75) is 24.8 Å². The summed E-state index contributed by atoms with van der Waals surface area (Å²) in [6, 6.07) is 8.06. The number of fused-ring (bicyclic) bond motifs is 1. The van der Waals surface area contributed by atoms with E-state index in [4.69, 9.17) is 14.2 Å². The van der Waals surface area contributed by atoms with Gasteiger partial charge in [0.1, 0.15) is 0 Å². The normalized spacial score (nSPS) is 14.0. The van der Waals surface area contributed by atoms with Crippen LogP contribution in [0, 0.1) is 0 Å². The quantitative estimate of drug-likeness (QED) is 0.845. The van der Waals surface area contributed by atoms with Gasteiger partial charge >= 0.3 is 0 Å². The highest BCUT2D eigenvalue weighted by atomic mass is 32.2. The van der Waals surface area contributed by atoms with Gasteiger partial charge in [-0.3, -0.25) is 0 Å². The Bertz CT molecular complexity index is 839. The van der Waals surface area contributed by atoms with E-state index in [2.05, 4.69) is 9.71 Å². The number of hydrogen-bond donors (Lipinski definition) is 1. The number of nitrogens with one attached hydrogen (secondary N) is 1. The maximum Gasteiger partial charge on any atom is 0.241 e. The van der Waals surface area contributed by atoms with Crippen molar-refractivity contribution in [2.24, 2.45) is 0 Å². The molecular weight excluding hydrogens is 344 g/mol. The van der Waals surface area contributed by atoms with Crippen LogP contribution in [0.15, 0.2) is 41.4 Å². The van der Waals surface area contributed by atoms with E-state index in [1.165, 1.54) is 12.1 Å². The molecule has 8 heteroatoms. The first-order chi connectivity index (χ1) is 12.1. The van der Waals surface area contributed by atoms with Crippen molar-refractivity contribution >= 4 is 10.0 Å². The van der Waals surface area contributed by atoms with Crippen LogP contribution in [0.25, 0.3) is 0 Å². The van der Waals surface area contributed by atoms with Crippen molar-refractivity contribution in [3.8, 4) is 17.4 Å². The summed E-state index contributed by atoms with van der Waals surface area (Å²) in [6.07, 6.45) is 2.35. The minimum Gasteiger partial charge on any atom is -0.490 e. The number of ether oxygens (including phenoxy) is 3. The fraction of sp³-hybridized carbons (Fsp3) is 0.353. The molecule has 2 aromatic rings. The second kappa shape index (κ2) is 7.71. The first-order valence-corrected chi connectivity index (χ1v) is 9.54. The van der Waals surface area contributed by atoms with Crippen molar-refractivity contribution in [1.29, 1.82) is 0 Å². The molecule has 2 heterocycles. The van der Waals surface area contributed by atoms with E-state index >= 15 is 0 Å². The third-order valence-corrected chi connectivity index (χ3v) is 4.99. The highest BCUT2D eigenvalue weighted by molar-refractivity contribution is 7.89. The molecule has 1 aromatic heterocycles. The Morgan fingerprint density at radius 1 is 1.16 bits per heavy atom. The van der Waals surface area contributed by atoms with Gasteiger partial charge in [-0.1, -0.05) is 0 Å². The summed E-state index contributed by atoms with van der Waals surface area (Å²) in [5.74, 6) is 1.48. The second-order valence-electron chi connectivity index (χ2n) is 5.42. The Hall–Kier alpha value is -2.32. The van der Waals surface area contributed by atoms with Crippen molar-refractivity contribution < 1.29 is 22.6 Å². The zero-order valence-electron chi connectivity index (χ0n) is 13.9. The smallest absolute Gasteiger partial charge is 0.241 e. The van der Waals surface area contributed by atoms with E-state index in [-0.39, 0.29) is 11.4 Å². The predicted octanol–water partition coefficient (Wildman–Crippen LogP) is 2.12. The Balaban J connectivity index is 1.73. The van der Waals surface area contributed by atoms with Crippen LogP contribution >= 0.6 is 0 Å². The van der Waals surface area contributed by atoms with Crippen molar-refractivity contribution in [3.05, 3.63) is 42.1 Å². The van der Waals surface area contributed by atoms with Crippen LogP contribution in [0.5, 0.6) is 17.4 Å². The lowest BCUT2D eigenvalue weighted by molar-refractivity contribution is 0.297. The summed E-state index contributed by atoms with van der Waals surface area (Å²) >= 11 is 0. The highest BCUT2D eigenvalue weighted by Crippen LogP contribution is 2.31. The summed E-state index contributed by atoms with van der Waals surface area (Å²) in [6.45, 7) is 3.56. The third kappa shape index (κ3) is 4.40. The standard InChI is InChI=1S/C17H20N2O5S/c1-2-22-17-10-13(6-7-18-17)12-19-25(20,21)14-4-5-15-16(11-14)24-9-3-8-23-15/h4-7,10-11,19H,2-3,8-9,12H2,1H3. The predicted molar refractivity (Wildman–Crippen MR) is 91.5 cm³/mol. The minimum atomic E-state index is -3.68. The molecule has 0 saturated heterocycles. The first kappa shape index (κ1) is 17.5. The van der Waals surface area contributed by atoms with Gasteiger partial charge in [0, 0.05) is 31.3 Å². The topological polar surface area (TPSA) is 86.8 Å². The van der Waals surface area contributed by atoms with Gasteiger partial charge in [0.25, 0.3) is 0 Å². The molecule has 25 heavy (non-hydrogen) atoms. The van der Waals surface area contributed by atoms with E-state index in [1.54, 1.807) is 24.4 Å². The van der Waals surface area contributed by atoms with E-state index in [0.717, 1.165) is 12.0 Å². The Morgan fingerprint density at radius 3 is 2.76 bits per heavy atom. The van der Waals surface area contributed by atoms with Crippen LogP contribution < -0.4 is 18.9 Å². The van der Waals surface area contributed by atoms with Gasteiger partial charge in [0.2, 0.25) is 15.9 Å². The molecule has 134 valence electrons. The van der Waals surface area contributed by atoms with Crippen molar-refractivity contribution in [3.63, 3.8) is 0 Å². The lowest BCUT2D eigenvalue weighted by Gasteiger charge is -2.11. The van der Waals surface area contributed by atoms with Crippen LogP contribution in [-0.2, 0) is 16.6 Å². The van der Waals surface area contributed by atoms with E-state index in [1.807, 2.05) is 6.92 Å². The average molecular weight is 364 g/mol. The van der Waals surface area contributed by atoms with Crippen LogP contribution in [0.4, 0.5) is 0 Å². The molecule has 0 saturated carbocycles. The van der Waals surface area contributed by atoms with Crippen molar-refractivity contribution in [2.75, 3.05) is 19.8 Å². The molecule has 3 rings (SSSR count). The maximum absolute atomic E-state index is 12.5. The molecular formula is C17H20N2O5S. The number of hydrogen-bond acceptors (Lipinski definition) is 6. The summed E-state index contributed by atoms with van der Waals surface area (Å²) < 4.78 is 44.0. The number of benzene rings is 1. The molecule has 0 fully saturated rings. The Labute approximate surface area is 147 Å². The lowest BCUT2D eigenvalue weighted by Crippen LogP contribution is -2.23. The summed E-state index contributed by atoms with van der Waals surface area (Å²) in [4.78, 5) is 4.19. The highest BCUT2D eigenvalue weighted by Gasteiger charge is 2.18. The number of rotatable bonds is 6. The lowest BCUT2D eigenvalue weighted by atomic mass is 10.3. The molecule has 0 aliphatic carbocycles. The average Bonchev–Trinajstić information content (AvgIpc) is 2.85. The number of aromatic nitrogens is 1. The van der Waals surface area contributed by atoms with Crippen LogP contribution in [0.1, 0.15) is 18.9 Å². The van der Waals surface area contributed by atoms with Gasteiger partial charge in [-0.05, 0) is 30.7 Å². The monoisotopic (exact) mass is 364 g/mol. The van der Waals surface area contributed by atoms with Gasteiger partial charge < -0.3 is 14.2 Å². The summed E-state index contributed by atoms with van der Waals surface area (Å²) in [5.41, 5.74) is 0.761. The molecule has 0 bridgehead atoms. The molecule has 1 N–H and O–H groups in total. The minimum absolute atomic E-state index is 0.135. The first-order valence-electron chi connectivity index (χ1n) is 8.05. The summed E-state index contributed by atoms with van der Waals surface area (Å²) in [5, 5.41) is 0. The number of pyridine rings is 1. The van der Waals surface area contributed by atoms with E-state index in [0.29, 0.717) is 37.2 Å². The summed E-state index contributed by atoms with van der Waals surface area (Å²) in [7, 11) is -3.68. The molecule has 1 aliphatic heterocycles. The zero-order chi connectivity index (χ0) is 17.7. The van der Waals surface area contributed by atoms with Gasteiger partial charge in [0.15, 0.2) is 11.5 Å². The van der Waals surface area contributed by atoms with Gasteiger partial charge in [-0.25, -0.2) is 18.1 Å². The Kier molecular flexibility index (Phi) is 5.40. The molecule has 0 atom stereocenters. The van der Waals surface area contributed by atoms with E-state index < -0.39 is 10.0 Å². The van der Waals surface area contributed by atoms with Crippen LogP contribution in [-0.4, -0.2) is 33.2 Å². The van der Waals surface area contributed by atoms with Crippen LogP contribution in [0.3, 0.4) is 0 Å². The third-order valence-electron chi connectivity index (χ3n) is 3.59. The molecule has 1 aromatic carbocycles. The zero-order valence-corrected chi connectivity index (χ0v) is 14.7. The largest absolute Gasteiger partial charge is 0.490 e. The molecule has 7 nitrogen and oxygen atoms in total. The van der Waals surface area contributed by atoms with Crippen molar-refractivity contribution in [1.82, 2.24) is 9.71 Å². The number of sulfonamides is 1. The van der Waals surface area contributed by atoms with E-state index in [9.17, 15) is 8.42 Å². The molecule has 1 aliphatic rings. The maximum atomic E-state index is 12.5. The molecule has 0 radical (unpaired) electrons. The van der Waals surface area contributed by atoms with Crippen LogP contribution in [0.2, 0.25) is 0 Å². The van der Waals surface area contributed by atoms with Gasteiger partial charge in [-0.2, -0.15) is 0 Å². The molecule has 0 spiro atoms. The van der Waals surface area contributed by atoms with Gasteiger partial charge in [0.05, 0.1) is 24.7 Å². The Morgan fingerprint density at radius 2 is 1.96 bits per heavy atom. The second-order valence-corrected chi connectivity index (χ2v) is 7.19. The fourth-order valence-corrected chi connectivity index (χ4v) is 3.39.